The highest BCUT2D eigenvalue weighted by Gasteiger charge is 2.23. The van der Waals surface area contributed by atoms with Crippen LogP contribution in [0.1, 0.15) is 33.2 Å². The van der Waals surface area contributed by atoms with E-state index in [1.165, 1.54) is 17.9 Å². The van der Waals surface area contributed by atoms with Crippen LogP contribution in [-0.4, -0.2) is 29.7 Å². The molecule has 1 aromatic heterocycles. The molecule has 0 saturated carbocycles. The number of carbonyl (C=O) groups excluding carboxylic acids is 2. The number of carbonyl (C=O) groups is 2. The van der Waals surface area contributed by atoms with Gasteiger partial charge >= 0.3 is 5.97 Å². The smallest absolute Gasteiger partial charge is 0.340 e. The van der Waals surface area contributed by atoms with Gasteiger partial charge in [0.25, 0.3) is 5.91 Å². The Balaban J connectivity index is 1.95. The van der Waals surface area contributed by atoms with Crippen LogP contribution >= 0.6 is 11.6 Å². The number of halogens is 1. The van der Waals surface area contributed by atoms with Crippen molar-refractivity contribution in [2.24, 2.45) is 0 Å². The van der Waals surface area contributed by atoms with Gasteiger partial charge in [-0.05, 0) is 50.1 Å². The van der Waals surface area contributed by atoms with Crippen molar-refractivity contribution in [2.45, 2.75) is 26.9 Å². The van der Waals surface area contributed by atoms with Gasteiger partial charge in [0.1, 0.15) is 5.75 Å². The van der Waals surface area contributed by atoms with Crippen LogP contribution in [0.5, 0.6) is 5.75 Å². The lowest BCUT2D eigenvalue weighted by molar-refractivity contribution is 0.0602. The zero-order valence-corrected chi connectivity index (χ0v) is 16.3. The van der Waals surface area contributed by atoms with Crippen LogP contribution < -0.4 is 4.74 Å². The quantitative estimate of drug-likeness (QED) is 0.605. The second kappa shape index (κ2) is 7.45. The number of para-hydroxylation sites is 1. The number of esters is 1. The van der Waals surface area contributed by atoms with Crippen molar-refractivity contribution in [3.63, 3.8) is 0 Å². The maximum Gasteiger partial charge on any atom is 0.340 e. The van der Waals surface area contributed by atoms with Crippen molar-refractivity contribution in [3.05, 3.63) is 64.3 Å². The zero-order chi connectivity index (χ0) is 19.7. The summed E-state index contributed by atoms with van der Waals surface area (Å²) in [5.74, 6) is -0.207. The van der Waals surface area contributed by atoms with Gasteiger partial charge in [0.2, 0.25) is 0 Å². The molecule has 0 fully saturated rings. The van der Waals surface area contributed by atoms with E-state index in [1.54, 1.807) is 31.2 Å². The SMILES string of the molecule is COC(=O)c1cn(C(=O)C(C)Oc2cc(C)c(Cl)c(C)c2)c2ccccc12. The van der Waals surface area contributed by atoms with Gasteiger partial charge in [-0.2, -0.15) is 0 Å². The number of hydrogen-bond acceptors (Lipinski definition) is 4. The third-order valence-corrected chi connectivity index (χ3v) is 5.02. The van der Waals surface area contributed by atoms with E-state index in [2.05, 4.69) is 0 Å². The fourth-order valence-electron chi connectivity index (χ4n) is 3.06. The molecule has 1 atom stereocenters. The van der Waals surface area contributed by atoms with E-state index in [9.17, 15) is 9.59 Å². The Morgan fingerprint density at radius 3 is 2.37 bits per heavy atom. The zero-order valence-electron chi connectivity index (χ0n) is 15.6. The highest BCUT2D eigenvalue weighted by Crippen LogP contribution is 2.27. The van der Waals surface area contributed by atoms with Gasteiger partial charge in [0.05, 0.1) is 18.2 Å². The first kappa shape index (κ1) is 19.0. The second-order valence-corrected chi connectivity index (χ2v) is 6.77. The van der Waals surface area contributed by atoms with Crippen LogP contribution in [0.4, 0.5) is 0 Å². The molecule has 0 aliphatic carbocycles. The number of nitrogens with zero attached hydrogens (tertiary/aromatic N) is 1. The van der Waals surface area contributed by atoms with E-state index >= 15 is 0 Å². The van der Waals surface area contributed by atoms with Crippen molar-refractivity contribution in [1.82, 2.24) is 4.57 Å². The normalized spacial score (nSPS) is 12.0. The monoisotopic (exact) mass is 385 g/mol. The summed E-state index contributed by atoms with van der Waals surface area (Å²) in [5, 5.41) is 1.34. The molecule has 0 saturated heterocycles. The van der Waals surface area contributed by atoms with E-state index in [0.29, 0.717) is 27.2 Å². The van der Waals surface area contributed by atoms with E-state index in [4.69, 9.17) is 21.1 Å². The molecule has 0 bridgehead atoms. The number of rotatable bonds is 4. The molecule has 0 N–H and O–H groups in total. The number of benzene rings is 2. The Morgan fingerprint density at radius 1 is 1.11 bits per heavy atom. The van der Waals surface area contributed by atoms with Crippen molar-refractivity contribution >= 4 is 34.4 Å². The fraction of sp³-hybridized carbons (Fsp3) is 0.238. The molecule has 3 rings (SSSR count). The molecule has 2 aromatic carbocycles. The van der Waals surface area contributed by atoms with E-state index in [0.717, 1.165) is 11.1 Å². The van der Waals surface area contributed by atoms with E-state index in [-0.39, 0.29) is 5.91 Å². The van der Waals surface area contributed by atoms with Gasteiger partial charge in [0.15, 0.2) is 6.10 Å². The molecule has 140 valence electrons. The molecule has 5 nitrogen and oxygen atoms in total. The average molecular weight is 386 g/mol. The first-order valence-electron chi connectivity index (χ1n) is 8.49. The summed E-state index contributed by atoms with van der Waals surface area (Å²) in [4.78, 5) is 25.0. The number of ether oxygens (including phenoxy) is 2. The van der Waals surface area contributed by atoms with Gasteiger partial charge in [-0.15, -0.1) is 0 Å². The lowest BCUT2D eigenvalue weighted by Crippen LogP contribution is -2.28. The van der Waals surface area contributed by atoms with Gasteiger partial charge < -0.3 is 9.47 Å². The maximum atomic E-state index is 13.0. The fourth-order valence-corrected chi connectivity index (χ4v) is 3.17. The van der Waals surface area contributed by atoms with Gasteiger partial charge in [0, 0.05) is 16.6 Å². The Labute approximate surface area is 162 Å². The summed E-state index contributed by atoms with van der Waals surface area (Å²) in [7, 11) is 1.31. The molecular formula is C21H20ClNO4. The summed E-state index contributed by atoms with van der Waals surface area (Å²) < 4.78 is 12.1. The van der Waals surface area contributed by atoms with Crippen molar-refractivity contribution in [3.8, 4) is 5.75 Å². The van der Waals surface area contributed by atoms with Crippen molar-refractivity contribution in [2.75, 3.05) is 7.11 Å². The number of fused-ring (bicyclic) bond motifs is 1. The number of aromatic nitrogens is 1. The number of hydrogen-bond donors (Lipinski definition) is 0. The third-order valence-electron chi connectivity index (χ3n) is 4.43. The number of aryl methyl sites for hydroxylation is 2. The predicted molar refractivity (Wildman–Crippen MR) is 105 cm³/mol. The maximum absolute atomic E-state index is 13.0. The van der Waals surface area contributed by atoms with Crippen LogP contribution in [0.15, 0.2) is 42.6 Å². The second-order valence-electron chi connectivity index (χ2n) is 6.39. The van der Waals surface area contributed by atoms with Crippen molar-refractivity contribution in [1.29, 1.82) is 0 Å². The summed E-state index contributed by atoms with van der Waals surface area (Å²) >= 11 is 6.19. The molecule has 0 radical (unpaired) electrons. The topological polar surface area (TPSA) is 57.5 Å². The number of methoxy groups -OCH3 is 1. The summed E-state index contributed by atoms with van der Waals surface area (Å²) in [5.41, 5.74) is 2.73. The molecule has 0 amide bonds. The van der Waals surface area contributed by atoms with Crippen LogP contribution in [0.25, 0.3) is 10.9 Å². The molecule has 0 aliphatic heterocycles. The lowest BCUT2D eigenvalue weighted by Gasteiger charge is -2.16. The molecule has 1 heterocycles. The predicted octanol–water partition coefficient (Wildman–Crippen LogP) is 4.81. The summed E-state index contributed by atoms with van der Waals surface area (Å²) in [6.07, 6.45) is 0.739. The van der Waals surface area contributed by atoms with Crippen LogP contribution in [0.2, 0.25) is 5.02 Å². The Bertz CT molecular complexity index is 1010. The standard InChI is InChI=1S/C21H20ClNO4/c1-12-9-15(10-13(2)19(12)22)27-14(3)20(24)23-11-17(21(25)26-4)16-7-5-6-8-18(16)23/h5-11,14H,1-4H3. The van der Waals surface area contributed by atoms with E-state index < -0.39 is 12.1 Å². The average Bonchev–Trinajstić information content (AvgIpc) is 3.04. The summed E-state index contributed by atoms with van der Waals surface area (Å²) in [6.45, 7) is 5.45. The Morgan fingerprint density at radius 2 is 1.74 bits per heavy atom. The minimum Gasteiger partial charge on any atom is -0.481 e. The van der Waals surface area contributed by atoms with E-state index in [1.807, 2.05) is 26.0 Å². The first-order valence-corrected chi connectivity index (χ1v) is 8.87. The van der Waals surface area contributed by atoms with Crippen molar-refractivity contribution < 1.29 is 19.1 Å². The van der Waals surface area contributed by atoms with Gasteiger partial charge in [-0.3, -0.25) is 9.36 Å². The molecule has 1 unspecified atom stereocenters. The van der Waals surface area contributed by atoms with Crippen LogP contribution in [0, 0.1) is 13.8 Å². The largest absolute Gasteiger partial charge is 0.481 e. The highest BCUT2D eigenvalue weighted by molar-refractivity contribution is 6.32. The highest BCUT2D eigenvalue weighted by atomic mass is 35.5. The van der Waals surface area contributed by atoms with Crippen LogP contribution in [0.3, 0.4) is 0 Å². The molecule has 27 heavy (non-hydrogen) atoms. The molecule has 6 heteroatoms. The minimum atomic E-state index is -0.758. The third kappa shape index (κ3) is 3.55. The Hall–Kier alpha value is -2.79. The van der Waals surface area contributed by atoms with Gasteiger partial charge in [-0.25, -0.2) is 4.79 Å². The molecular weight excluding hydrogens is 366 g/mol. The molecule has 3 aromatic rings. The van der Waals surface area contributed by atoms with Gasteiger partial charge in [-0.1, -0.05) is 29.8 Å². The molecule has 0 spiro atoms. The summed E-state index contributed by atoms with van der Waals surface area (Å²) in [6, 6.07) is 10.8. The van der Waals surface area contributed by atoms with Crippen LogP contribution in [-0.2, 0) is 4.74 Å². The Kier molecular flexibility index (Phi) is 5.24. The minimum absolute atomic E-state index is 0.286. The first-order chi connectivity index (χ1) is 12.8. The molecule has 0 aliphatic rings. The lowest BCUT2D eigenvalue weighted by atomic mass is 10.1.